The molecule has 5 heteroatoms. The number of rotatable bonds is 10. The summed E-state index contributed by atoms with van der Waals surface area (Å²) in [5.74, 6) is 0.732. The lowest BCUT2D eigenvalue weighted by Gasteiger charge is -2.31. The average molecular weight is 425 g/mol. The Bertz CT molecular complexity index is 878. The standard InChI is InChI=1S/C26H36N2O3/c1-7-23(26(30)27-15-18(2)3)28(16-22-11-9-8-10-12-22)25(29)17-31-24-14-19(4)13-20(5)21(24)6/h8-14,18,23H,7,15-17H2,1-6H3,(H,27,30). The molecule has 0 saturated heterocycles. The molecule has 2 aromatic carbocycles. The van der Waals surface area contributed by atoms with Crippen LogP contribution >= 0.6 is 0 Å². The fourth-order valence-electron chi connectivity index (χ4n) is 3.50. The highest BCUT2D eigenvalue weighted by molar-refractivity contribution is 5.88. The number of carbonyl (C=O) groups excluding carboxylic acids is 2. The number of nitrogens with zero attached hydrogens (tertiary/aromatic N) is 1. The quantitative estimate of drug-likeness (QED) is 0.608. The second-order valence-electron chi connectivity index (χ2n) is 8.56. The normalized spacial score (nSPS) is 11.8. The fraction of sp³-hybridized carbons (Fsp3) is 0.462. The smallest absolute Gasteiger partial charge is 0.261 e. The van der Waals surface area contributed by atoms with Crippen LogP contribution in [-0.2, 0) is 16.1 Å². The van der Waals surface area contributed by atoms with Gasteiger partial charge >= 0.3 is 0 Å². The topological polar surface area (TPSA) is 58.6 Å². The van der Waals surface area contributed by atoms with Gasteiger partial charge in [-0.1, -0.05) is 57.2 Å². The van der Waals surface area contributed by atoms with Crippen LogP contribution in [0.2, 0.25) is 0 Å². The largest absolute Gasteiger partial charge is 0.483 e. The summed E-state index contributed by atoms with van der Waals surface area (Å²) in [4.78, 5) is 27.8. The zero-order valence-electron chi connectivity index (χ0n) is 19.7. The molecule has 0 heterocycles. The van der Waals surface area contributed by atoms with Gasteiger partial charge in [0.15, 0.2) is 6.61 Å². The van der Waals surface area contributed by atoms with E-state index in [1.165, 1.54) is 0 Å². The number of benzene rings is 2. The predicted molar refractivity (Wildman–Crippen MR) is 125 cm³/mol. The van der Waals surface area contributed by atoms with Crippen molar-refractivity contribution in [2.75, 3.05) is 13.2 Å². The van der Waals surface area contributed by atoms with Crippen LogP contribution in [0.5, 0.6) is 5.75 Å². The molecule has 0 aliphatic heterocycles. The van der Waals surface area contributed by atoms with Crippen molar-refractivity contribution in [1.82, 2.24) is 10.2 Å². The summed E-state index contributed by atoms with van der Waals surface area (Å²) in [5.41, 5.74) is 4.22. The van der Waals surface area contributed by atoms with Gasteiger partial charge in [-0.25, -0.2) is 0 Å². The van der Waals surface area contributed by atoms with Gasteiger partial charge in [0.25, 0.3) is 5.91 Å². The number of ether oxygens (including phenoxy) is 1. The molecule has 0 aromatic heterocycles. The van der Waals surface area contributed by atoms with Crippen molar-refractivity contribution in [2.45, 2.75) is 60.5 Å². The Morgan fingerprint density at radius 2 is 1.74 bits per heavy atom. The third-order valence-corrected chi connectivity index (χ3v) is 5.38. The summed E-state index contributed by atoms with van der Waals surface area (Å²) in [6.45, 7) is 12.9. The summed E-state index contributed by atoms with van der Waals surface area (Å²) in [6, 6.07) is 13.2. The molecule has 0 spiro atoms. The van der Waals surface area contributed by atoms with Crippen LogP contribution in [0.15, 0.2) is 42.5 Å². The van der Waals surface area contributed by atoms with E-state index in [0.29, 0.717) is 31.2 Å². The molecule has 0 radical (unpaired) electrons. The molecule has 0 bridgehead atoms. The molecule has 0 saturated carbocycles. The molecular formula is C26H36N2O3. The van der Waals surface area contributed by atoms with E-state index in [0.717, 1.165) is 22.3 Å². The molecule has 2 aromatic rings. The van der Waals surface area contributed by atoms with Gasteiger partial charge in [-0.3, -0.25) is 9.59 Å². The van der Waals surface area contributed by atoms with Crippen LogP contribution in [-0.4, -0.2) is 35.9 Å². The van der Waals surface area contributed by atoms with E-state index in [-0.39, 0.29) is 18.4 Å². The Balaban J connectivity index is 2.22. The van der Waals surface area contributed by atoms with Crippen LogP contribution < -0.4 is 10.1 Å². The lowest BCUT2D eigenvalue weighted by molar-refractivity contribution is -0.143. The van der Waals surface area contributed by atoms with Crippen molar-refractivity contribution in [1.29, 1.82) is 0 Å². The lowest BCUT2D eigenvalue weighted by Crippen LogP contribution is -2.50. The monoisotopic (exact) mass is 424 g/mol. The summed E-state index contributed by atoms with van der Waals surface area (Å²) in [5, 5.41) is 2.98. The van der Waals surface area contributed by atoms with E-state index in [9.17, 15) is 9.59 Å². The zero-order chi connectivity index (χ0) is 23.0. The summed E-state index contributed by atoms with van der Waals surface area (Å²) in [7, 11) is 0. The number of nitrogens with one attached hydrogen (secondary N) is 1. The van der Waals surface area contributed by atoms with Gasteiger partial charge in [0, 0.05) is 13.1 Å². The maximum atomic E-state index is 13.3. The highest BCUT2D eigenvalue weighted by Crippen LogP contribution is 2.23. The molecule has 1 N–H and O–H groups in total. The van der Waals surface area contributed by atoms with Gasteiger partial charge < -0.3 is 15.0 Å². The van der Waals surface area contributed by atoms with Crippen molar-refractivity contribution in [2.24, 2.45) is 5.92 Å². The fourth-order valence-corrected chi connectivity index (χ4v) is 3.50. The minimum Gasteiger partial charge on any atom is -0.483 e. The van der Waals surface area contributed by atoms with Crippen LogP contribution in [0.3, 0.4) is 0 Å². The van der Waals surface area contributed by atoms with Crippen LogP contribution in [0.4, 0.5) is 0 Å². The maximum Gasteiger partial charge on any atom is 0.261 e. The first kappa shape index (κ1) is 24.4. The third-order valence-electron chi connectivity index (χ3n) is 5.38. The van der Waals surface area contributed by atoms with Crippen molar-refractivity contribution in [3.05, 3.63) is 64.7 Å². The molecule has 1 atom stereocenters. The van der Waals surface area contributed by atoms with Crippen molar-refractivity contribution < 1.29 is 14.3 Å². The summed E-state index contributed by atoms with van der Waals surface area (Å²) >= 11 is 0. The first-order valence-corrected chi connectivity index (χ1v) is 11.0. The van der Waals surface area contributed by atoms with Gasteiger partial charge in [-0.15, -0.1) is 0 Å². The Kier molecular flexibility index (Phi) is 9.10. The van der Waals surface area contributed by atoms with Crippen LogP contribution in [0.25, 0.3) is 0 Å². The molecule has 0 aliphatic rings. The molecule has 5 nitrogen and oxygen atoms in total. The minimum atomic E-state index is -0.546. The minimum absolute atomic E-state index is 0.107. The first-order valence-electron chi connectivity index (χ1n) is 11.0. The molecule has 1 unspecified atom stereocenters. The van der Waals surface area contributed by atoms with Crippen LogP contribution in [0.1, 0.15) is 49.4 Å². The van der Waals surface area contributed by atoms with Gasteiger partial charge in [-0.2, -0.15) is 0 Å². The third kappa shape index (κ3) is 7.12. The van der Waals surface area contributed by atoms with Gasteiger partial charge in [0.1, 0.15) is 11.8 Å². The molecule has 0 fully saturated rings. The maximum absolute atomic E-state index is 13.3. The average Bonchev–Trinajstić information content (AvgIpc) is 2.74. The van der Waals surface area contributed by atoms with E-state index in [4.69, 9.17) is 4.74 Å². The molecule has 168 valence electrons. The molecule has 2 rings (SSSR count). The Morgan fingerprint density at radius 3 is 2.35 bits per heavy atom. The van der Waals surface area contributed by atoms with Crippen molar-refractivity contribution in [3.8, 4) is 5.75 Å². The van der Waals surface area contributed by atoms with Gasteiger partial charge in [0.05, 0.1) is 0 Å². The van der Waals surface area contributed by atoms with E-state index in [1.807, 2.05) is 77.9 Å². The highest BCUT2D eigenvalue weighted by Gasteiger charge is 2.29. The number of aryl methyl sites for hydroxylation is 2. The molecule has 31 heavy (non-hydrogen) atoms. The second-order valence-corrected chi connectivity index (χ2v) is 8.56. The van der Waals surface area contributed by atoms with Crippen molar-refractivity contribution >= 4 is 11.8 Å². The van der Waals surface area contributed by atoms with E-state index in [2.05, 4.69) is 11.4 Å². The lowest BCUT2D eigenvalue weighted by atomic mass is 10.1. The number of hydrogen-bond donors (Lipinski definition) is 1. The predicted octanol–water partition coefficient (Wildman–Crippen LogP) is 4.57. The van der Waals surface area contributed by atoms with E-state index >= 15 is 0 Å². The molecular weight excluding hydrogens is 388 g/mol. The summed E-state index contributed by atoms with van der Waals surface area (Å²) in [6.07, 6.45) is 0.533. The Morgan fingerprint density at radius 1 is 1.06 bits per heavy atom. The second kappa shape index (κ2) is 11.5. The Labute approximate surface area is 186 Å². The van der Waals surface area contributed by atoms with Gasteiger partial charge in [0.2, 0.25) is 5.91 Å². The van der Waals surface area contributed by atoms with Crippen molar-refractivity contribution in [3.63, 3.8) is 0 Å². The number of carbonyl (C=O) groups is 2. The first-order chi connectivity index (χ1) is 14.7. The number of hydrogen-bond acceptors (Lipinski definition) is 3. The van der Waals surface area contributed by atoms with Crippen LogP contribution in [0, 0.1) is 26.7 Å². The molecule has 2 amide bonds. The number of amides is 2. The summed E-state index contributed by atoms with van der Waals surface area (Å²) < 4.78 is 5.93. The van der Waals surface area contributed by atoms with E-state index < -0.39 is 6.04 Å². The Hall–Kier alpha value is -2.82. The van der Waals surface area contributed by atoms with Gasteiger partial charge in [-0.05, 0) is 61.4 Å². The zero-order valence-corrected chi connectivity index (χ0v) is 19.7. The SMILES string of the molecule is CCC(C(=O)NCC(C)C)N(Cc1ccccc1)C(=O)COc1cc(C)cc(C)c1C. The molecule has 0 aliphatic carbocycles. The highest BCUT2D eigenvalue weighted by atomic mass is 16.5. The van der Waals surface area contributed by atoms with E-state index in [1.54, 1.807) is 4.90 Å².